The molecule has 0 spiro atoms. The van der Waals surface area contributed by atoms with Crippen molar-refractivity contribution < 1.29 is 23.5 Å². The number of rotatable bonds is 5. The maximum absolute atomic E-state index is 12.5. The molecule has 0 unspecified atom stereocenters. The first-order valence-electron chi connectivity index (χ1n) is 8.11. The van der Waals surface area contributed by atoms with Gasteiger partial charge in [-0.3, -0.25) is 9.59 Å². The highest BCUT2D eigenvalue weighted by molar-refractivity contribution is 5.99. The maximum Gasteiger partial charge on any atom is 0.257 e. The van der Waals surface area contributed by atoms with Crippen molar-refractivity contribution in [2.45, 2.75) is 13.8 Å². The summed E-state index contributed by atoms with van der Waals surface area (Å²) >= 11 is 0. The molecular weight excluding hydrogens is 324 g/mol. The first kappa shape index (κ1) is 16.9. The number of carbonyl (C=O) groups excluding carboxylic acids is 2. The average Bonchev–Trinajstić information content (AvgIpc) is 3.05. The number of carbonyl (C=O) groups is 2. The number of ether oxygens (including phenoxy) is 2. The van der Waals surface area contributed by atoms with Crippen LogP contribution >= 0.6 is 0 Å². The molecular formula is C18H20N2O5. The molecule has 0 bridgehead atoms. The molecule has 0 aliphatic carbocycles. The van der Waals surface area contributed by atoms with Crippen molar-refractivity contribution in [1.82, 2.24) is 4.90 Å². The number of furan rings is 1. The van der Waals surface area contributed by atoms with E-state index < -0.39 is 0 Å². The van der Waals surface area contributed by atoms with Gasteiger partial charge in [0.1, 0.15) is 25.5 Å². The van der Waals surface area contributed by atoms with Crippen molar-refractivity contribution in [2.24, 2.45) is 0 Å². The molecule has 2 amide bonds. The number of nitrogens with zero attached hydrogens (tertiary/aromatic N) is 1. The topological polar surface area (TPSA) is 81.0 Å². The van der Waals surface area contributed by atoms with Gasteiger partial charge in [0, 0.05) is 18.3 Å². The van der Waals surface area contributed by atoms with Crippen LogP contribution in [0.4, 0.5) is 5.69 Å². The number of anilines is 1. The van der Waals surface area contributed by atoms with Crippen LogP contribution in [0.15, 0.2) is 34.9 Å². The summed E-state index contributed by atoms with van der Waals surface area (Å²) in [5.41, 5.74) is 1.06. The van der Waals surface area contributed by atoms with Crippen molar-refractivity contribution in [3.8, 4) is 11.5 Å². The molecule has 0 saturated heterocycles. The normalized spacial score (nSPS) is 12.6. The quantitative estimate of drug-likeness (QED) is 0.901. The van der Waals surface area contributed by atoms with E-state index in [2.05, 4.69) is 5.32 Å². The zero-order valence-corrected chi connectivity index (χ0v) is 14.2. The largest absolute Gasteiger partial charge is 0.486 e. The van der Waals surface area contributed by atoms with E-state index in [-0.39, 0.29) is 18.4 Å². The van der Waals surface area contributed by atoms with Gasteiger partial charge in [-0.25, -0.2) is 0 Å². The second-order valence-electron chi connectivity index (χ2n) is 5.62. The fourth-order valence-electron chi connectivity index (χ4n) is 2.60. The lowest BCUT2D eigenvalue weighted by molar-refractivity contribution is -0.116. The zero-order chi connectivity index (χ0) is 17.8. The van der Waals surface area contributed by atoms with E-state index in [1.54, 1.807) is 31.2 Å². The third kappa shape index (κ3) is 3.76. The maximum atomic E-state index is 12.5. The molecule has 1 N–H and O–H groups in total. The number of likely N-dealkylation sites (N-methyl/N-ethyl adjacent to an activating group) is 1. The summed E-state index contributed by atoms with van der Waals surface area (Å²) in [6.07, 6.45) is 1.46. The number of nitrogens with one attached hydrogen (secondary N) is 1. The lowest BCUT2D eigenvalue weighted by Gasteiger charge is -2.21. The molecule has 1 aromatic carbocycles. The Bertz CT molecular complexity index is 784. The summed E-state index contributed by atoms with van der Waals surface area (Å²) in [6.45, 7) is 4.90. The predicted octanol–water partition coefficient (Wildman–Crippen LogP) is 2.46. The van der Waals surface area contributed by atoms with Gasteiger partial charge in [-0.15, -0.1) is 0 Å². The first-order chi connectivity index (χ1) is 12.1. The van der Waals surface area contributed by atoms with Crippen molar-refractivity contribution in [2.75, 3.05) is 31.6 Å². The van der Waals surface area contributed by atoms with E-state index in [1.165, 1.54) is 11.2 Å². The van der Waals surface area contributed by atoms with Gasteiger partial charge < -0.3 is 24.1 Å². The summed E-state index contributed by atoms with van der Waals surface area (Å²) in [4.78, 5) is 26.3. The molecule has 7 heteroatoms. The average molecular weight is 344 g/mol. The monoisotopic (exact) mass is 344 g/mol. The third-order valence-corrected chi connectivity index (χ3v) is 3.92. The number of amides is 2. The van der Waals surface area contributed by atoms with Gasteiger partial charge in [0.05, 0.1) is 11.8 Å². The molecule has 25 heavy (non-hydrogen) atoms. The Labute approximate surface area is 145 Å². The zero-order valence-electron chi connectivity index (χ0n) is 14.2. The van der Waals surface area contributed by atoms with Crippen LogP contribution in [-0.4, -0.2) is 43.0 Å². The summed E-state index contributed by atoms with van der Waals surface area (Å²) in [7, 11) is 0. The van der Waals surface area contributed by atoms with Crippen molar-refractivity contribution in [3.05, 3.63) is 41.9 Å². The van der Waals surface area contributed by atoms with Gasteiger partial charge in [0.25, 0.3) is 5.91 Å². The van der Waals surface area contributed by atoms with Crippen LogP contribution < -0.4 is 14.8 Å². The Kier molecular flexibility index (Phi) is 4.92. The molecule has 132 valence electrons. The summed E-state index contributed by atoms with van der Waals surface area (Å²) < 4.78 is 16.1. The Morgan fingerprint density at radius 1 is 1.16 bits per heavy atom. The molecule has 1 aliphatic heterocycles. The van der Waals surface area contributed by atoms with Crippen LogP contribution in [0, 0.1) is 6.92 Å². The summed E-state index contributed by atoms with van der Waals surface area (Å²) in [5, 5.41) is 2.78. The molecule has 2 heterocycles. The molecule has 7 nitrogen and oxygen atoms in total. The molecule has 0 fully saturated rings. The SMILES string of the molecule is CCN(CC(=O)Nc1ccc2c(c1)OCCO2)C(=O)c1ccoc1C. The predicted molar refractivity (Wildman–Crippen MR) is 91.1 cm³/mol. The van der Waals surface area contributed by atoms with E-state index in [0.717, 1.165) is 0 Å². The van der Waals surface area contributed by atoms with Gasteiger partial charge in [0.2, 0.25) is 5.91 Å². The molecule has 1 aromatic heterocycles. The molecule has 0 atom stereocenters. The molecule has 0 radical (unpaired) electrons. The second-order valence-corrected chi connectivity index (χ2v) is 5.62. The highest BCUT2D eigenvalue weighted by atomic mass is 16.6. The lowest BCUT2D eigenvalue weighted by atomic mass is 10.2. The second kappa shape index (κ2) is 7.29. The highest BCUT2D eigenvalue weighted by Gasteiger charge is 2.21. The van der Waals surface area contributed by atoms with Crippen LogP contribution in [0.5, 0.6) is 11.5 Å². The van der Waals surface area contributed by atoms with Crippen LogP contribution in [0.25, 0.3) is 0 Å². The minimum Gasteiger partial charge on any atom is -0.486 e. The number of aryl methyl sites for hydroxylation is 1. The Hall–Kier alpha value is -2.96. The minimum atomic E-state index is -0.284. The third-order valence-electron chi connectivity index (χ3n) is 3.92. The van der Waals surface area contributed by atoms with E-state index >= 15 is 0 Å². The van der Waals surface area contributed by atoms with Gasteiger partial charge in [0.15, 0.2) is 11.5 Å². The van der Waals surface area contributed by atoms with Gasteiger partial charge in [-0.2, -0.15) is 0 Å². The fourth-order valence-corrected chi connectivity index (χ4v) is 2.60. The first-order valence-corrected chi connectivity index (χ1v) is 8.11. The van der Waals surface area contributed by atoms with Gasteiger partial charge in [-0.1, -0.05) is 0 Å². The van der Waals surface area contributed by atoms with Crippen molar-refractivity contribution in [3.63, 3.8) is 0 Å². The van der Waals surface area contributed by atoms with Gasteiger partial charge >= 0.3 is 0 Å². The number of hydrogen-bond acceptors (Lipinski definition) is 5. The fraction of sp³-hybridized carbons (Fsp3) is 0.333. The smallest absolute Gasteiger partial charge is 0.257 e. The highest BCUT2D eigenvalue weighted by Crippen LogP contribution is 2.32. The number of fused-ring (bicyclic) bond motifs is 1. The Balaban J connectivity index is 1.65. The van der Waals surface area contributed by atoms with E-state index in [4.69, 9.17) is 13.9 Å². The number of benzene rings is 1. The van der Waals surface area contributed by atoms with Gasteiger partial charge in [-0.05, 0) is 32.0 Å². The summed E-state index contributed by atoms with van der Waals surface area (Å²) in [5.74, 6) is 1.28. The molecule has 1 aliphatic rings. The standard InChI is InChI=1S/C18H20N2O5/c1-3-20(18(22)14-6-7-23-12(14)2)11-17(21)19-13-4-5-15-16(10-13)25-9-8-24-15/h4-7,10H,3,8-9,11H2,1-2H3,(H,19,21). The minimum absolute atomic E-state index is 0.0472. The molecule has 3 rings (SSSR count). The van der Waals surface area contributed by atoms with E-state index in [1.807, 2.05) is 6.92 Å². The van der Waals surface area contributed by atoms with Crippen molar-refractivity contribution in [1.29, 1.82) is 0 Å². The van der Waals surface area contributed by atoms with Crippen LogP contribution in [0.1, 0.15) is 23.0 Å². The Morgan fingerprint density at radius 3 is 2.60 bits per heavy atom. The van der Waals surface area contributed by atoms with Crippen LogP contribution in [-0.2, 0) is 4.79 Å². The van der Waals surface area contributed by atoms with Crippen molar-refractivity contribution >= 4 is 17.5 Å². The Morgan fingerprint density at radius 2 is 1.92 bits per heavy atom. The van der Waals surface area contributed by atoms with E-state index in [9.17, 15) is 9.59 Å². The number of hydrogen-bond donors (Lipinski definition) is 1. The van der Waals surface area contributed by atoms with Crippen LogP contribution in [0.3, 0.4) is 0 Å². The molecule has 0 saturated carbocycles. The van der Waals surface area contributed by atoms with E-state index in [0.29, 0.717) is 48.3 Å². The summed E-state index contributed by atoms with van der Waals surface area (Å²) in [6, 6.07) is 6.81. The molecule has 2 aromatic rings. The lowest BCUT2D eigenvalue weighted by Crippen LogP contribution is -2.38. The van der Waals surface area contributed by atoms with Crippen LogP contribution in [0.2, 0.25) is 0 Å².